The topological polar surface area (TPSA) is 67.9 Å². The number of rotatable bonds is 1. The highest BCUT2D eigenvalue weighted by Crippen LogP contribution is 2.67. The number of nitrogens with zero attached hydrogens (tertiary/aromatic N) is 1. The van der Waals surface area contributed by atoms with Gasteiger partial charge >= 0.3 is 0 Å². The van der Waals surface area contributed by atoms with Crippen LogP contribution >= 0.6 is 0 Å². The Balaban J connectivity index is 0.000000145. The monoisotopic (exact) mass is 891 g/mol. The first-order valence-electron chi connectivity index (χ1n) is 27.9. The third kappa shape index (κ3) is 7.23. The highest BCUT2D eigenvalue weighted by atomic mass is 16.5. The Morgan fingerprint density at radius 2 is 1.35 bits per heavy atom. The number of Topliss-reactive ketones (excluding diaryl/α,β-unsaturated/α-hetero) is 1. The van der Waals surface area contributed by atoms with E-state index in [1.165, 1.54) is 82.7 Å². The van der Waals surface area contributed by atoms with E-state index in [9.17, 15) is 9.59 Å². The molecule has 0 amide bonds. The van der Waals surface area contributed by atoms with Gasteiger partial charge in [0.1, 0.15) is 5.78 Å². The molecule has 9 fully saturated rings. The van der Waals surface area contributed by atoms with E-state index in [4.69, 9.17) is 9.47 Å². The Labute approximate surface area is 395 Å². The first-order valence-corrected chi connectivity index (χ1v) is 27.9. The molecule has 5 saturated carbocycles. The molecule has 19 atom stereocenters. The number of ether oxygens (including phenoxy) is 2. The molecule has 4 heterocycles. The Bertz CT molecular complexity index is 2020. The van der Waals surface area contributed by atoms with Crippen LogP contribution in [0.2, 0.25) is 0 Å². The van der Waals surface area contributed by atoms with Crippen molar-refractivity contribution in [3.8, 4) is 0 Å². The summed E-state index contributed by atoms with van der Waals surface area (Å²) >= 11 is 0. The summed E-state index contributed by atoms with van der Waals surface area (Å²) in [6.07, 6.45) is 25.1. The second-order valence-electron chi connectivity index (χ2n) is 26.7. The summed E-state index contributed by atoms with van der Waals surface area (Å²) in [5.74, 6) is 8.95. The van der Waals surface area contributed by atoms with Crippen molar-refractivity contribution in [3.05, 3.63) is 33.9 Å². The zero-order valence-corrected chi connectivity index (χ0v) is 42.7. The predicted molar refractivity (Wildman–Crippen MR) is 261 cm³/mol. The number of allylic oxidation sites excluding steroid dienone is 4. The second-order valence-corrected chi connectivity index (χ2v) is 26.7. The number of likely N-dealkylation sites (tertiary alicyclic amines) is 1. The Hall–Kier alpha value is -1.60. The van der Waals surface area contributed by atoms with Gasteiger partial charge in [-0.1, -0.05) is 69.4 Å². The van der Waals surface area contributed by atoms with Crippen molar-refractivity contribution < 1.29 is 19.1 Å². The summed E-state index contributed by atoms with van der Waals surface area (Å²) in [6, 6.07) is 1.73. The lowest BCUT2D eigenvalue weighted by Gasteiger charge is -2.52. The predicted octanol–water partition coefficient (Wildman–Crippen LogP) is 12.4. The molecule has 2 spiro atoms. The molecule has 360 valence electrons. The normalized spacial score (nSPS) is 51.5. The minimum Gasteiger partial charge on any atom is -0.369 e. The van der Waals surface area contributed by atoms with Crippen LogP contribution in [0.5, 0.6) is 0 Å². The highest BCUT2D eigenvalue weighted by Gasteiger charge is 2.62. The Morgan fingerprint density at radius 1 is 0.708 bits per heavy atom. The molecule has 6 heteroatoms. The molecular weight excluding hydrogens is 801 g/mol. The summed E-state index contributed by atoms with van der Waals surface area (Å²) in [5.41, 5.74) is 9.17. The summed E-state index contributed by atoms with van der Waals surface area (Å²) in [7, 11) is 0. The van der Waals surface area contributed by atoms with Crippen molar-refractivity contribution in [1.29, 1.82) is 0 Å². The molecule has 4 aliphatic heterocycles. The second kappa shape index (κ2) is 16.5. The molecule has 12 aliphatic rings. The fourth-order valence-electron chi connectivity index (χ4n) is 19.6. The van der Waals surface area contributed by atoms with Gasteiger partial charge in [-0.25, -0.2) is 0 Å². The van der Waals surface area contributed by atoms with E-state index in [1.807, 2.05) is 11.6 Å². The molecule has 65 heavy (non-hydrogen) atoms. The number of carbonyl (C=O) groups excluding carboxylic acids is 2. The van der Waals surface area contributed by atoms with Crippen molar-refractivity contribution in [2.24, 2.45) is 75.9 Å². The minimum atomic E-state index is 0.0435. The van der Waals surface area contributed by atoms with Crippen LogP contribution in [0.1, 0.15) is 191 Å². The van der Waals surface area contributed by atoms with Crippen molar-refractivity contribution in [2.75, 3.05) is 13.1 Å². The van der Waals surface area contributed by atoms with Gasteiger partial charge in [0.15, 0.2) is 5.78 Å². The molecule has 6 nitrogen and oxygen atoms in total. The van der Waals surface area contributed by atoms with E-state index in [0.717, 1.165) is 105 Å². The Kier molecular flexibility index (Phi) is 11.6. The number of hydrogen-bond acceptors (Lipinski definition) is 6. The van der Waals surface area contributed by atoms with Gasteiger partial charge in [-0.2, -0.15) is 0 Å². The van der Waals surface area contributed by atoms with Gasteiger partial charge in [-0.15, -0.1) is 0 Å². The van der Waals surface area contributed by atoms with Gasteiger partial charge in [0, 0.05) is 55.8 Å². The molecule has 8 aliphatic carbocycles. The molecule has 4 saturated heterocycles. The van der Waals surface area contributed by atoms with Crippen LogP contribution in [0.25, 0.3) is 0 Å². The van der Waals surface area contributed by atoms with Crippen LogP contribution in [0, 0.1) is 75.9 Å². The molecular formula is C59H90N2O4. The third-order valence-electron chi connectivity index (χ3n) is 23.2. The van der Waals surface area contributed by atoms with Gasteiger partial charge in [0.2, 0.25) is 0 Å². The molecule has 0 aromatic rings. The van der Waals surface area contributed by atoms with Crippen molar-refractivity contribution in [1.82, 2.24) is 10.2 Å². The maximum absolute atomic E-state index is 12.2. The Morgan fingerprint density at radius 3 is 2.06 bits per heavy atom. The van der Waals surface area contributed by atoms with Crippen LogP contribution in [0.3, 0.4) is 0 Å². The van der Waals surface area contributed by atoms with Crippen LogP contribution in [0.4, 0.5) is 0 Å². The van der Waals surface area contributed by atoms with E-state index in [1.54, 1.807) is 16.7 Å². The number of nitrogens with one attached hydrogen (secondary N) is 1. The number of hydrogen-bond donors (Lipinski definition) is 1. The minimum absolute atomic E-state index is 0.0435. The van der Waals surface area contributed by atoms with Crippen LogP contribution in [-0.4, -0.2) is 71.1 Å². The van der Waals surface area contributed by atoms with E-state index in [2.05, 4.69) is 79.5 Å². The van der Waals surface area contributed by atoms with E-state index >= 15 is 0 Å². The first kappa shape index (κ1) is 45.8. The maximum Gasteiger partial charge on any atom is 0.155 e. The summed E-state index contributed by atoms with van der Waals surface area (Å²) in [6.45, 7) is 26.9. The average Bonchev–Trinajstić information content (AvgIpc) is 3.93. The molecule has 0 unspecified atom stereocenters. The zero-order valence-electron chi connectivity index (χ0n) is 42.7. The zero-order chi connectivity index (χ0) is 45.5. The van der Waals surface area contributed by atoms with Gasteiger partial charge < -0.3 is 14.8 Å². The van der Waals surface area contributed by atoms with Crippen molar-refractivity contribution in [3.63, 3.8) is 0 Å². The highest BCUT2D eigenvalue weighted by molar-refractivity contribution is 5.91. The third-order valence-corrected chi connectivity index (χ3v) is 23.2. The van der Waals surface area contributed by atoms with E-state index in [-0.39, 0.29) is 16.6 Å². The van der Waals surface area contributed by atoms with Crippen LogP contribution in [-0.2, 0) is 19.1 Å². The van der Waals surface area contributed by atoms with Gasteiger partial charge in [0.25, 0.3) is 0 Å². The number of carbonyl (C=O) groups is 2. The van der Waals surface area contributed by atoms with Crippen LogP contribution in [0.15, 0.2) is 33.9 Å². The van der Waals surface area contributed by atoms with Gasteiger partial charge in [0.05, 0.1) is 23.4 Å². The molecule has 12 rings (SSSR count). The van der Waals surface area contributed by atoms with E-state index < -0.39 is 0 Å². The molecule has 1 N–H and O–H groups in total. The fourth-order valence-corrected chi connectivity index (χ4v) is 19.6. The van der Waals surface area contributed by atoms with Crippen LogP contribution < -0.4 is 5.32 Å². The smallest absolute Gasteiger partial charge is 0.155 e. The molecule has 0 radical (unpaired) electrons. The summed E-state index contributed by atoms with van der Waals surface area (Å²) in [5, 5.41) is 3.85. The average molecular weight is 891 g/mol. The lowest BCUT2D eigenvalue weighted by Crippen LogP contribution is -2.54. The number of fused-ring (bicyclic) bond motifs is 12. The standard InChI is InChI=1S/C31H49NO2.C28H41NO2/c1-18(2)32-17-19(3)13-28-29(32)21(5)31(34-28)12-10-24-25-8-7-22-14-23(33)9-11-30(22,6)27(25)15-26(24)20(4)16-31;1-16-11-25-26(29-15-16)18(3)28(31-25)10-8-21-22-6-5-19-12-20(30)7-9-27(19,4)24(22)13-23(21)17(2)14-28/h18-19,21-22,24-25,27-29H,7-17H2,1-6H3;12,16,18,21-22,24-26,29H,5-11,13-15H2,1-4H3/t19-,21+,22+,24-,25-,27-,28+,29-,30-,31-;16-,18+,21-,22-,24-,25+,26-,27-,28-/m00/s1. The number of ketones is 2. The fraction of sp³-hybridized carbons (Fsp3) is 0.864. The van der Waals surface area contributed by atoms with Gasteiger partial charge in [-0.3, -0.25) is 14.5 Å². The molecule has 0 bridgehead atoms. The molecule has 0 aromatic carbocycles. The van der Waals surface area contributed by atoms with Crippen molar-refractivity contribution in [2.45, 2.75) is 233 Å². The molecule has 0 aromatic heterocycles. The summed E-state index contributed by atoms with van der Waals surface area (Å²) < 4.78 is 14.2. The lowest BCUT2D eigenvalue weighted by atomic mass is 9.52. The van der Waals surface area contributed by atoms with Gasteiger partial charge in [-0.05, 0) is 207 Å². The lowest BCUT2D eigenvalue weighted by molar-refractivity contribution is -0.129. The van der Waals surface area contributed by atoms with Crippen molar-refractivity contribution >= 4 is 11.6 Å². The SMILES string of the molecule is CC1=C2C[C@H]3[C@@H](CCC4=CC(=O)CC[C@@]43C)[C@@H]2CC[C@@]2(C1)O[C@@H]1C[C@H](C)CN[C@H]1[C@H]2C.CC1=C2C[C@H]3[C@@H](CC[C@@H]4CC(=O)CC[C@@]43C)[C@@H]2CC[C@@]2(C1)O[C@@H]1C[C@H](C)CN(C(C)C)[C@H]1[C@H]2C. The number of piperidine rings is 2. The van der Waals surface area contributed by atoms with E-state index in [0.29, 0.717) is 65.1 Å². The summed E-state index contributed by atoms with van der Waals surface area (Å²) in [4.78, 5) is 27.1. The quantitative estimate of drug-likeness (QED) is 0.265. The largest absolute Gasteiger partial charge is 0.369 e. The maximum atomic E-state index is 12.2. The first-order chi connectivity index (χ1) is 30.9.